The second-order valence-electron chi connectivity index (χ2n) is 6.04. The van der Waals surface area contributed by atoms with Crippen molar-refractivity contribution in [3.05, 3.63) is 78.4 Å². The lowest BCUT2D eigenvalue weighted by Crippen LogP contribution is -2.31. The lowest BCUT2D eigenvalue weighted by Gasteiger charge is -2.11. The fourth-order valence-electron chi connectivity index (χ4n) is 3.25. The quantitative estimate of drug-likeness (QED) is 0.244. The van der Waals surface area contributed by atoms with Gasteiger partial charge in [0.25, 0.3) is 0 Å². The number of carbonyl (C=O) groups is 1. The van der Waals surface area contributed by atoms with Gasteiger partial charge in [0.1, 0.15) is 18.5 Å². The minimum atomic E-state index is -0.383. The van der Waals surface area contributed by atoms with E-state index in [0.717, 1.165) is 21.8 Å². The Bertz CT molecular complexity index is 1120. The second-order valence-corrected chi connectivity index (χ2v) is 6.04. The topological polar surface area (TPSA) is 39.4 Å². The molecule has 4 aromatic rings. The Morgan fingerprint density at radius 1 is 0.808 bits per heavy atom. The molecule has 128 valence electrons. The fourth-order valence-corrected chi connectivity index (χ4v) is 3.25. The van der Waals surface area contributed by atoms with Crippen LogP contribution in [0.25, 0.3) is 21.8 Å². The molecule has 0 saturated heterocycles. The summed E-state index contributed by atoms with van der Waals surface area (Å²) in [5, 5.41) is 1.64. The molecular formula is C22H18NO3+. The number of nitrogens with zero attached hydrogens (tertiary/aromatic N) is 1. The lowest BCUT2D eigenvalue weighted by molar-refractivity contribution is -0.617. The Kier molecular flexibility index (Phi) is 4.01. The van der Waals surface area contributed by atoms with Crippen molar-refractivity contribution in [2.75, 3.05) is 7.11 Å². The highest BCUT2D eigenvalue weighted by molar-refractivity contribution is 6.13. The van der Waals surface area contributed by atoms with Gasteiger partial charge in [-0.3, -0.25) is 0 Å². The molecule has 0 atom stereocenters. The van der Waals surface area contributed by atoms with Crippen molar-refractivity contribution in [3.63, 3.8) is 0 Å². The van der Waals surface area contributed by atoms with Crippen molar-refractivity contribution >= 4 is 27.8 Å². The molecule has 0 amide bonds. The van der Waals surface area contributed by atoms with E-state index in [1.165, 1.54) is 0 Å². The summed E-state index contributed by atoms with van der Waals surface area (Å²) < 4.78 is 13.1. The Hall–Kier alpha value is -3.40. The van der Waals surface area contributed by atoms with Gasteiger partial charge in [0, 0.05) is 12.1 Å². The van der Waals surface area contributed by atoms with E-state index >= 15 is 0 Å². The summed E-state index contributed by atoms with van der Waals surface area (Å²) in [4.78, 5) is 13.1. The van der Waals surface area contributed by atoms with Crippen molar-refractivity contribution < 1.29 is 18.8 Å². The first-order valence-corrected chi connectivity index (χ1v) is 8.35. The van der Waals surface area contributed by atoms with Crippen LogP contribution in [0.1, 0.15) is 10.4 Å². The molecule has 1 heterocycles. The molecule has 0 unspecified atom stereocenters. The number of hydrogen-bond donors (Lipinski definition) is 0. The Morgan fingerprint density at radius 2 is 1.50 bits per heavy atom. The van der Waals surface area contributed by atoms with E-state index in [1.807, 2.05) is 67.7 Å². The minimum Gasteiger partial charge on any atom is -0.497 e. The molecule has 4 nitrogen and oxygen atoms in total. The molecule has 3 aromatic carbocycles. The molecule has 0 aliphatic rings. The minimum absolute atomic E-state index is 0.383. The predicted octanol–water partition coefficient (Wildman–Crippen LogP) is 4.05. The monoisotopic (exact) mass is 344 g/mol. The number of esters is 1. The maximum Gasteiger partial charge on any atom is 0.345 e. The third kappa shape index (κ3) is 2.65. The van der Waals surface area contributed by atoms with E-state index < -0.39 is 0 Å². The van der Waals surface area contributed by atoms with E-state index in [9.17, 15) is 4.79 Å². The number of fused-ring (bicyclic) bond motifs is 2. The maximum absolute atomic E-state index is 13.1. The number of para-hydroxylation sites is 2. The van der Waals surface area contributed by atoms with Crippen molar-refractivity contribution in [3.8, 4) is 11.5 Å². The standard InChI is InChI=1S/C22H18NO3/c1-23-19-11-7-6-10-17(19)21(18-14-16(25-2)12-13-20(18)23)22(24)26-15-8-4-3-5-9-15/h3-14H,1-2H3/q+1. The van der Waals surface area contributed by atoms with Crippen LogP contribution in [-0.4, -0.2) is 13.1 Å². The highest BCUT2D eigenvalue weighted by Crippen LogP contribution is 2.28. The van der Waals surface area contributed by atoms with E-state index in [-0.39, 0.29) is 5.97 Å². The third-order valence-corrected chi connectivity index (χ3v) is 4.53. The summed E-state index contributed by atoms with van der Waals surface area (Å²) in [5.74, 6) is 0.832. The highest BCUT2D eigenvalue weighted by atomic mass is 16.5. The Labute approximate surface area is 151 Å². The number of aryl methyl sites for hydroxylation is 1. The van der Waals surface area contributed by atoms with E-state index in [0.29, 0.717) is 17.1 Å². The molecule has 0 fully saturated rings. The van der Waals surface area contributed by atoms with Crippen LogP contribution in [0, 0.1) is 0 Å². The maximum atomic E-state index is 13.1. The van der Waals surface area contributed by atoms with Crippen molar-refractivity contribution in [1.82, 2.24) is 0 Å². The summed E-state index contributed by atoms with van der Waals surface area (Å²) >= 11 is 0. The number of methoxy groups -OCH3 is 1. The predicted molar refractivity (Wildman–Crippen MR) is 101 cm³/mol. The largest absolute Gasteiger partial charge is 0.497 e. The van der Waals surface area contributed by atoms with Gasteiger partial charge < -0.3 is 9.47 Å². The average molecular weight is 344 g/mol. The van der Waals surface area contributed by atoms with Crippen molar-refractivity contribution in [2.24, 2.45) is 7.05 Å². The Morgan fingerprint density at radius 3 is 2.27 bits per heavy atom. The van der Waals surface area contributed by atoms with Crippen LogP contribution in [0.2, 0.25) is 0 Å². The number of carbonyl (C=O) groups excluding carboxylic acids is 1. The van der Waals surface area contributed by atoms with E-state index in [1.54, 1.807) is 19.2 Å². The molecule has 4 rings (SSSR count). The number of ether oxygens (including phenoxy) is 2. The van der Waals surface area contributed by atoms with Crippen LogP contribution in [-0.2, 0) is 7.05 Å². The van der Waals surface area contributed by atoms with Crippen molar-refractivity contribution in [2.45, 2.75) is 0 Å². The highest BCUT2D eigenvalue weighted by Gasteiger charge is 2.24. The van der Waals surface area contributed by atoms with Crippen LogP contribution >= 0.6 is 0 Å². The normalized spacial score (nSPS) is 10.8. The second kappa shape index (κ2) is 6.48. The van der Waals surface area contributed by atoms with E-state index in [2.05, 4.69) is 4.57 Å². The number of rotatable bonds is 3. The zero-order chi connectivity index (χ0) is 18.1. The SMILES string of the molecule is COc1ccc2c(c1)c(C(=O)Oc1ccccc1)c1ccccc1[n+]2C. The summed E-state index contributed by atoms with van der Waals surface area (Å²) in [6.45, 7) is 0. The first-order valence-electron chi connectivity index (χ1n) is 8.35. The molecule has 0 saturated carbocycles. The molecule has 0 aliphatic carbocycles. The molecule has 26 heavy (non-hydrogen) atoms. The van der Waals surface area contributed by atoms with E-state index in [4.69, 9.17) is 9.47 Å². The fraction of sp³-hybridized carbons (Fsp3) is 0.0909. The van der Waals surface area contributed by atoms with Crippen LogP contribution in [0.3, 0.4) is 0 Å². The van der Waals surface area contributed by atoms with Crippen LogP contribution in [0.15, 0.2) is 72.8 Å². The van der Waals surface area contributed by atoms with Crippen molar-refractivity contribution in [1.29, 1.82) is 0 Å². The van der Waals surface area contributed by atoms with Gasteiger partial charge in [-0.1, -0.05) is 30.3 Å². The summed E-state index contributed by atoms with van der Waals surface area (Å²) in [6, 6.07) is 22.7. The summed E-state index contributed by atoms with van der Waals surface area (Å²) in [7, 11) is 3.60. The summed E-state index contributed by atoms with van der Waals surface area (Å²) in [6.07, 6.45) is 0. The molecule has 0 aliphatic heterocycles. The first-order chi connectivity index (χ1) is 12.7. The van der Waals surface area contributed by atoms with Gasteiger partial charge in [-0.05, 0) is 30.3 Å². The van der Waals surface area contributed by atoms with Gasteiger partial charge in [0.05, 0.1) is 23.4 Å². The number of pyridine rings is 1. The zero-order valence-electron chi connectivity index (χ0n) is 14.6. The molecular weight excluding hydrogens is 326 g/mol. The van der Waals surface area contributed by atoms with Gasteiger partial charge in [-0.25, -0.2) is 4.79 Å². The lowest BCUT2D eigenvalue weighted by atomic mass is 10.0. The first kappa shape index (κ1) is 16.1. The number of aromatic nitrogens is 1. The molecule has 1 aromatic heterocycles. The molecule has 0 N–H and O–H groups in total. The van der Waals surface area contributed by atoms with Gasteiger partial charge >= 0.3 is 5.97 Å². The molecule has 4 heteroatoms. The number of benzene rings is 3. The molecule has 0 spiro atoms. The van der Waals surface area contributed by atoms with Gasteiger partial charge in [0.2, 0.25) is 11.0 Å². The van der Waals surface area contributed by atoms with Gasteiger partial charge in [-0.2, -0.15) is 4.57 Å². The zero-order valence-corrected chi connectivity index (χ0v) is 14.6. The summed E-state index contributed by atoms with van der Waals surface area (Å²) in [5.41, 5.74) is 2.44. The smallest absolute Gasteiger partial charge is 0.345 e. The molecule has 0 bridgehead atoms. The molecule has 0 radical (unpaired) electrons. The van der Waals surface area contributed by atoms with Gasteiger partial charge in [0.15, 0.2) is 0 Å². The van der Waals surface area contributed by atoms with Crippen LogP contribution in [0.4, 0.5) is 0 Å². The Balaban J connectivity index is 2.00. The van der Waals surface area contributed by atoms with Crippen LogP contribution in [0.5, 0.6) is 11.5 Å². The third-order valence-electron chi connectivity index (χ3n) is 4.53. The number of hydrogen-bond acceptors (Lipinski definition) is 3. The van der Waals surface area contributed by atoms with Gasteiger partial charge in [-0.15, -0.1) is 0 Å². The van der Waals surface area contributed by atoms with Crippen LogP contribution < -0.4 is 14.0 Å². The average Bonchev–Trinajstić information content (AvgIpc) is 2.68.